The lowest BCUT2D eigenvalue weighted by Gasteiger charge is -2.28. The molecule has 0 fully saturated rings. The first-order chi connectivity index (χ1) is 13.1. The van der Waals surface area contributed by atoms with Gasteiger partial charge in [0.1, 0.15) is 23.0 Å². The Morgan fingerprint density at radius 3 is 3.07 bits per heavy atom. The summed E-state index contributed by atoms with van der Waals surface area (Å²) < 4.78 is 23.2. The Bertz CT molecular complexity index is 1080. The fourth-order valence-electron chi connectivity index (χ4n) is 3.67. The zero-order valence-electron chi connectivity index (χ0n) is 14.2. The van der Waals surface area contributed by atoms with Gasteiger partial charge in [0, 0.05) is 12.7 Å². The molecule has 0 radical (unpaired) electrons. The zero-order valence-corrected chi connectivity index (χ0v) is 17.4. The molecule has 4 heterocycles. The Morgan fingerprint density at radius 2 is 2.26 bits per heavy atom. The van der Waals surface area contributed by atoms with Crippen molar-refractivity contribution in [3.8, 4) is 5.75 Å². The molecule has 10 heteroatoms. The highest BCUT2D eigenvalue weighted by molar-refractivity contribution is 9.10. The summed E-state index contributed by atoms with van der Waals surface area (Å²) >= 11 is 11.0. The van der Waals surface area contributed by atoms with Gasteiger partial charge in [0.15, 0.2) is 16.7 Å². The Balaban J connectivity index is 1.82. The third-order valence-electron chi connectivity index (χ3n) is 5.02. The predicted octanol–water partition coefficient (Wildman–Crippen LogP) is 4.27. The van der Waals surface area contributed by atoms with Crippen molar-refractivity contribution < 1.29 is 9.13 Å². The number of hydrogen-bond donors (Lipinski definition) is 0. The van der Waals surface area contributed by atoms with Crippen LogP contribution >= 0.6 is 39.3 Å². The third kappa shape index (κ3) is 2.62. The van der Waals surface area contributed by atoms with Crippen molar-refractivity contribution in [2.75, 3.05) is 17.8 Å². The molecule has 0 bridgehead atoms. The highest BCUT2D eigenvalue weighted by Gasteiger charge is 2.34. The maximum Gasteiger partial charge on any atom is 0.189 e. The highest BCUT2D eigenvalue weighted by Crippen LogP contribution is 2.47. The van der Waals surface area contributed by atoms with E-state index in [1.54, 1.807) is 6.20 Å². The number of rotatable bonds is 1. The molecule has 0 saturated carbocycles. The van der Waals surface area contributed by atoms with Gasteiger partial charge in [0.05, 0.1) is 28.1 Å². The SMILES string of the molecule is CSc1nc2c3c(c(Cl)c(Br)c(F)c3n1)OCC1CCn3nccc3CN21. The van der Waals surface area contributed by atoms with Crippen LogP contribution in [0.4, 0.5) is 10.2 Å². The van der Waals surface area contributed by atoms with Crippen molar-refractivity contribution >= 4 is 56.0 Å². The number of nitrogens with zero attached hydrogens (tertiary/aromatic N) is 5. The second-order valence-electron chi connectivity index (χ2n) is 6.46. The summed E-state index contributed by atoms with van der Waals surface area (Å²) in [5.41, 5.74) is 1.30. The Hall–Kier alpha value is -1.58. The molecule has 5 rings (SSSR count). The second kappa shape index (κ2) is 6.49. The fourth-order valence-corrected chi connectivity index (χ4v) is 4.63. The maximum absolute atomic E-state index is 15.0. The molecule has 0 aliphatic carbocycles. The molecule has 6 nitrogen and oxygen atoms in total. The van der Waals surface area contributed by atoms with E-state index in [1.807, 2.05) is 17.0 Å². The van der Waals surface area contributed by atoms with Gasteiger partial charge >= 0.3 is 0 Å². The highest BCUT2D eigenvalue weighted by atomic mass is 79.9. The minimum atomic E-state index is -0.500. The van der Waals surface area contributed by atoms with E-state index in [9.17, 15) is 0 Å². The number of halogens is 3. The third-order valence-corrected chi connectivity index (χ3v) is 6.90. The molecule has 0 saturated heterocycles. The van der Waals surface area contributed by atoms with Gasteiger partial charge < -0.3 is 9.64 Å². The lowest BCUT2D eigenvalue weighted by atomic mass is 10.1. The molecule has 27 heavy (non-hydrogen) atoms. The summed E-state index contributed by atoms with van der Waals surface area (Å²) in [5.74, 6) is 0.591. The van der Waals surface area contributed by atoms with Gasteiger partial charge in [0.2, 0.25) is 0 Å². The van der Waals surface area contributed by atoms with Crippen LogP contribution in [-0.2, 0) is 13.1 Å². The van der Waals surface area contributed by atoms with E-state index in [2.05, 4.69) is 30.9 Å². The van der Waals surface area contributed by atoms with Crippen LogP contribution in [0, 0.1) is 5.82 Å². The molecule has 0 amide bonds. The second-order valence-corrected chi connectivity index (χ2v) is 8.40. The number of fused-ring (bicyclic) bond motifs is 3. The van der Waals surface area contributed by atoms with Gasteiger partial charge in [-0.05, 0) is 34.7 Å². The van der Waals surface area contributed by atoms with E-state index >= 15 is 4.39 Å². The van der Waals surface area contributed by atoms with Crippen LogP contribution in [0.15, 0.2) is 21.9 Å². The van der Waals surface area contributed by atoms with Gasteiger partial charge in [-0.25, -0.2) is 14.4 Å². The van der Waals surface area contributed by atoms with Crippen molar-refractivity contribution in [3.05, 3.63) is 33.3 Å². The zero-order chi connectivity index (χ0) is 18.7. The number of thioether (sulfide) groups is 1. The van der Waals surface area contributed by atoms with Crippen molar-refractivity contribution in [2.24, 2.45) is 0 Å². The summed E-state index contributed by atoms with van der Waals surface area (Å²) in [5, 5.41) is 5.63. The Morgan fingerprint density at radius 1 is 1.41 bits per heavy atom. The molecule has 0 N–H and O–H groups in total. The van der Waals surface area contributed by atoms with Crippen LogP contribution in [0.25, 0.3) is 10.9 Å². The monoisotopic (exact) mass is 469 g/mol. The van der Waals surface area contributed by atoms with Gasteiger partial charge in [-0.3, -0.25) is 4.68 Å². The number of ether oxygens (including phenoxy) is 1. The average molecular weight is 471 g/mol. The number of benzene rings is 1. The number of aryl methyl sites for hydroxylation is 1. The van der Waals surface area contributed by atoms with E-state index in [-0.39, 0.29) is 21.1 Å². The first-order valence-corrected chi connectivity index (χ1v) is 10.8. The van der Waals surface area contributed by atoms with E-state index in [0.717, 1.165) is 18.7 Å². The molecule has 2 aliphatic rings. The Kier molecular flexibility index (Phi) is 4.21. The first kappa shape index (κ1) is 17.5. The van der Waals surface area contributed by atoms with Crippen LogP contribution in [0.5, 0.6) is 5.75 Å². The standard InChI is InChI=1S/C17H14BrClFN5OS/c1-27-17-22-14-10-15(12(19)11(18)13(14)20)26-7-9-3-5-25-8(2-4-21-25)6-24(9)16(10)23-17/h2,4,9H,3,5-7H2,1H3. The van der Waals surface area contributed by atoms with Crippen LogP contribution in [0.2, 0.25) is 5.02 Å². The summed E-state index contributed by atoms with van der Waals surface area (Å²) in [6, 6.07) is 2.07. The van der Waals surface area contributed by atoms with Crippen molar-refractivity contribution in [1.82, 2.24) is 19.7 Å². The number of aromatic nitrogens is 4. The molecular weight excluding hydrogens is 457 g/mol. The summed E-state index contributed by atoms with van der Waals surface area (Å²) in [6.07, 6.45) is 4.51. The largest absolute Gasteiger partial charge is 0.489 e. The van der Waals surface area contributed by atoms with E-state index in [1.165, 1.54) is 11.8 Å². The van der Waals surface area contributed by atoms with Gasteiger partial charge in [-0.1, -0.05) is 23.4 Å². The smallest absolute Gasteiger partial charge is 0.189 e. The minimum absolute atomic E-state index is 0.0739. The van der Waals surface area contributed by atoms with E-state index in [4.69, 9.17) is 21.3 Å². The average Bonchev–Trinajstić information content (AvgIpc) is 2.97. The van der Waals surface area contributed by atoms with Crippen LogP contribution in [0.3, 0.4) is 0 Å². The topological polar surface area (TPSA) is 56.1 Å². The van der Waals surface area contributed by atoms with Gasteiger partial charge in [-0.2, -0.15) is 5.10 Å². The van der Waals surface area contributed by atoms with Crippen LogP contribution in [-0.4, -0.2) is 38.7 Å². The number of hydrogen-bond acceptors (Lipinski definition) is 6. The van der Waals surface area contributed by atoms with E-state index in [0.29, 0.717) is 35.3 Å². The lowest BCUT2D eigenvalue weighted by Crippen LogP contribution is -2.38. The van der Waals surface area contributed by atoms with Crippen molar-refractivity contribution in [1.29, 1.82) is 0 Å². The maximum atomic E-state index is 15.0. The molecule has 2 aliphatic heterocycles. The van der Waals surface area contributed by atoms with Crippen LogP contribution in [0.1, 0.15) is 12.1 Å². The summed E-state index contributed by atoms with van der Waals surface area (Å²) in [6.45, 7) is 1.84. The molecule has 3 aromatic rings. The van der Waals surface area contributed by atoms with Gasteiger partial charge in [-0.15, -0.1) is 0 Å². The lowest BCUT2D eigenvalue weighted by molar-refractivity contribution is 0.279. The minimum Gasteiger partial charge on any atom is -0.489 e. The predicted molar refractivity (Wildman–Crippen MR) is 106 cm³/mol. The number of anilines is 1. The van der Waals surface area contributed by atoms with E-state index < -0.39 is 5.82 Å². The first-order valence-electron chi connectivity index (χ1n) is 8.40. The molecule has 140 valence electrons. The van der Waals surface area contributed by atoms with Gasteiger partial charge in [0.25, 0.3) is 0 Å². The summed E-state index contributed by atoms with van der Waals surface area (Å²) in [4.78, 5) is 11.3. The summed E-state index contributed by atoms with van der Waals surface area (Å²) in [7, 11) is 0. The molecule has 1 unspecified atom stereocenters. The molecule has 2 aromatic heterocycles. The normalized spacial score (nSPS) is 18.5. The Labute approximate surface area is 172 Å². The van der Waals surface area contributed by atoms with Crippen molar-refractivity contribution in [3.63, 3.8) is 0 Å². The fraction of sp³-hybridized carbons (Fsp3) is 0.353. The molecule has 0 spiro atoms. The quantitative estimate of drug-likeness (QED) is 0.301. The van der Waals surface area contributed by atoms with Crippen molar-refractivity contribution in [2.45, 2.75) is 30.7 Å². The van der Waals surface area contributed by atoms with Crippen LogP contribution < -0.4 is 9.64 Å². The molecular formula is C17H14BrClFN5OS. The molecule has 1 atom stereocenters. The molecule has 1 aromatic carbocycles.